The van der Waals surface area contributed by atoms with E-state index in [9.17, 15) is 21.6 Å². The van der Waals surface area contributed by atoms with Crippen LogP contribution < -0.4 is 0 Å². The first-order chi connectivity index (χ1) is 12.4. The summed E-state index contributed by atoms with van der Waals surface area (Å²) in [4.78, 5) is 4.01. The molecule has 0 amide bonds. The highest BCUT2D eigenvalue weighted by Gasteiger charge is 2.31. The van der Waals surface area contributed by atoms with Crippen LogP contribution in [0.25, 0.3) is 11.1 Å². The second-order valence-corrected chi connectivity index (χ2v) is 9.13. The molecule has 0 saturated carbocycles. The molecule has 1 heterocycles. The van der Waals surface area contributed by atoms with Crippen LogP contribution in [0.3, 0.4) is 0 Å². The summed E-state index contributed by atoms with van der Waals surface area (Å²) in [6.07, 6.45) is 2.15. The zero-order chi connectivity index (χ0) is 20.0. The number of alkyl halides is 3. The fourth-order valence-electron chi connectivity index (χ4n) is 3.02. The van der Waals surface area contributed by atoms with Crippen LogP contribution in [0, 0.1) is 5.41 Å². The summed E-state index contributed by atoms with van der Waals surface area (Å²) in [7, 11) is -3.40. The van der Waals surface area contributed by atoms with Crippen molar-refractivity contribution in [2.24, 2.45) is 5.41 Å². The standard InChI is InChI=1S/C20H18F3NO2S/c1-19(2)10-16(13-4-7-15(8-5-13)20(21,22)23)17(11-19)14-6-9-18(24-12-14)27(3,25)26/h4-12H,1-3H3. The van der Waals surface area contributed by atoms with E-state index in [1.54, 1.807) is 6.07 Å². The Bertz CT molecular complexity index is 1030. The van der Waals surface area contributed by atoms with Crippen LogP contribution in [0.2, 0.25) is 0 Å². The second-order valence-electron chi connectivity index (χ2n) is 7.17. The highest BCUT2D eigenvalue weighted by molar-refractivity contribution is 7.90. The SMILES string of the molecule is CC1(C)C=C(c2ccc(C(F)(F)F)cc2)C(c2ccc(S(C)(=O)=O)nc2)=C1. The number of sulfone groups is 1. The molecule has 1 aliphatic carbocycles. The Morgan fingerprint density at radius 1 is 0.889 bits per heavy atom. The average Bonchev–Trinajstić information content (AvgIpc) is 2.89. The molecule has 0 radical (unpaired) electrons. The lowest BCUT2D eigenvalue weighted by Gasteiger charge is -2.12. The minimum atomic E-state index is -4.38. The van der Waals surface area contributed by atoms with Crippen LogP contribution in [-0.2, 0) is 16.0 Å². The molecule has 1 aliphatic rings. The zero-order valence-electron chi connectivity index (χ0n) is 15.0. The Morgan fingerprint density at radius 3 is 1.85 bits per heavy atom. The molecule has 0 saturated heterocycles. The third-order valence-electron chi connectivity index (χ3n) is 4.27. The molecule has 0 atom stereocenters. The molecular formula is C20H18F3NO2S. The van der Waals surface area contributed by atoms with Gasteiger partial charge in [-0.25, -0.2) is 13.4 Å². The minimum absolute atomic E-state index is 0.0239. The first-order valence-corrected chi connectivity index (χ1v) is 10.1. The van der Waals surface area contributed by atoms with Gasteiger partial charge in [0.25, 0.3) is 0 Å². The van der Waals surface area contributed by atoms with Crippen LogP contribution in [-0.4, -0.2) is 19.7 Å². The third-order valence-corrected chi connectivity index (χ3v) is 5.27. The summed E-state index contributed by atoms with van der Waals surface area (Å²) in [5.41, 5.74) is 1.98. The Balaban J connectivity index is 2.01. The molecule has 7 heteroatoms. The number of pyridine rings is 1. The normalized spacial score (nSPS) is 16.8. The summed E-state index contributed by atoms with van der Waals surface area (Å²) in [5, 5.41) is -0.0239. The average molecular weight is 393 g/mol. The summed E-state index contributed by atoms with van der Waals surface area (Å²) < 4.78 is 61.6. The van der Waals surface area contributed by atoms with Crippen LogP contribution >= 0.6 is 0 Å². The Morgan fingerprint density at radius 2 is 1.41 bits per heavy atom. The van der Waals surface area contributed by atoms with E-state index >= 15 is 0 Å². The smallest absolute Gasteiger partial charge is 0.244 e. The maximum absolute atomic E-state index is 12.8. The zero-order valence-corrected chi connectivity index (χ0v) is 15.8. The molecule has 1 aromatic carbocycles. The summed E-state index contributed by atoms with van der Waals surface area (Å²) >= 11 is 0. The van der Waals surface area contributed by atoms with E-state index in [1.807, 2.05) is 26.0 Å². The molecule has 0 bridgehead atoms. The van der Waals surface area contributed by atoms with E-state index < -0.39 is 21.6 Å². The molecule has 0 aliphatic heterocycles. The van der Waals surface area contributed by atoms with Crippen LogP contribution in [0.5, 0.6) is 0 Å². The predicted octanol–water partition coefficient (Wildman–Crippen LogP) is 5.01. The van der Waals surface area contributed by atoms with Crippen molar-refractivity contribution in [3.8, 4) is 0 Å². The van der Waals surface area contributed by atoms with Crippen molar-refractivity contribution >= 4 is 21.0 Å². The molecule has 3 rings (SSSR count). The van der Waals surface area contributed by atoms with E-state index in [4.69, 9.17) is 0 Å². The molecule has 0 N–H and O–H groups in total. The van der Waals surface area contributed by atoms with Gasteiger partial charge in [0, 0.05) is 23.4 Å². The van der Waals surface area contributed by atoms with Crippen molar-refractivity contribution in [2.75, 3.05) is 6.26 Å². The van der Waals surface area contributed by atoms with Crippen molar-refractivity contribution in [2.45, 2.75) is 25.0 Å². The van der Waals surface area contributed by atoms with E-state index in [0.717, 1.165) is 29.5 Å². The van der Waals surface area contributed by atoms with Gasteiger partial charge in [-0.3, -0.25) is 0 Å². The van der Waals surface area contributed by atoms with Crippen LogP contribution in [0.4, 0.5) is 13.2 Å². The maximum Gasteiger partial charge on any atom is 0.416 e. The quantitative estimate of drug-likeness (QED) is 0.736. The Labute approximate surface area is 156 Å². The second kappa shape index (κ2) is 6.34. The molecule has 142 valence electrons. The van der Waals surface area contributed by atoms with Gasteiger partial charge in [-0.1, -0.05) is 38.1 Å². The number of hydrogen-bond acceptors (Lipinski definition) is 3. The van der Waals surface area contributed by atoms with E-state index in [0.29, 0.717) is 11.1 Å². The molecule has 27 heavy (non-hydrogen) atoms. The van der Waals surface area contributed by atoms with Crippen molar-refractivity contribution in [3.63, 3.8) is 0 Å². The van der Waals surface area contributed by atoms with Gasteiger partial charge in [0.05, 0.1) is 5.56 Å². The number of allylic oxidation sites excluding steroid dienone is 4. The molecule has 0 unspecified atom stereocenters. The first-order valence-electron chi connectivity index (χ1n) is 8.17. The molecule has 2 aromatic rings. The van der Waals surface area contributed by atoms with Gasteiger partial charge in [0.1, 0.15) is 0 Å². The minimum Gasteiger partial charge on any atom is -0.244 e. The van der Waals surface area contributed by atoms with Gasteiger partial charge >= 0.3 is 6.18 Å². The highest BCUT2D eigenvalue weighted by Crippen LogP contribution is 2.44. The summed E-state index contributed by atoms with van der Waals surface area (Å²) in [6, 6.07) is 8.11. The molecular weight excluding hydrogens is 375 g/mol. The maximum atomic E-state index is 12.8. The fourth-order valence-corrected chi connectivity index (χ4v) is 3.58. The number of aromatic nitrogens is 1. The lowest BCUT2D eigenvalue weighted by molar-refractivity contribution is -0.137. The lowest BCUT2D eigenvalue weighted by atomic mass is 9.95. The van der Waals surface area contributed by atoms with Gasteiger partial charge < -0.3 is 0 Å². The van der Waals surface area contributed by atoms with Gasteiger partial charge in [-0.05, 0) is 41.0 Å². The molecule has 0 fully saturated rings. The van der Waals surface area contributed by atoms with Crippen LogP contribution in [0.15, 0.2) is 59.8 Å². The lowest BCUT2D eigenvalue weighted by Crippen LogP contribution is -2.04. The monoisotopic (exact) mass is 393 g/mol. The van der Waals surface area contributed by atoms with Gasteiger partial charge in [-0.2, -0.15) is 13.2 Å². The number of hydrogen-bond donors (Lipinski definition) is 0. The van der Waals surface area contributed by atoms with Crippen molar-refractivity contribution in [1.29, 1.82) is 0 Å². The highest BCUT2D eigenvalue weighted by atomic mass is 32.2. The number of benzene rings is 1. The predicted molar refractivity (Wildman–Crippen MR) is 98.5 cm³/mol. The molecule has 0 spiro atoms. The molecule has 1 aromatic heterocycles. The van der Waals surface area contributed by atoms with E-state index in [1.165, 1.54) is 24.4 Å². The number of rotatable bonds is 3. The van der Waals surface area contributed by atoms with Crippen molar-refractivity contribution < 1.29 is 21.6 Å². The van der Waals surface area contributed by atoms with Crippen molar-refractivity contribution in [3.05, 3.63) is 71.4 Å². The van der Waals surface area contributed by atoms with Gasteiger partial charge in [-0.15, -0.1) is 0 Å². The van der Waals surface area contributed by atoms with Crippen molar-refractivity contribution in [1.82, 2.24) is 4.98 Å². The van der Waals surface area contributed by atoms with Gasteiger partial charge in [0.15, 0.2) is 14.9 Å². The molecule has 3 nitrogen and oxygen atoms in total. The number of halogens is 3. The fraction of sp³-hybridized carbons (Fsp3) is 0.250. The van der Waals surface area contributed by atoms with E-state index in [-0.39, 0.29) is 10.4 Å². The summed E-state index contributed by atoms with van der Waals surface area (Å²) in [5.74, 6) is 0. The Kier molecular flexibility index (Phi) is 4.54. The Hall–Kier alpha value is -2.41. The third kappa shape index (κ3) is 4.13. The van der Waals surface area contributed by atoms with Gasteiger partial charge in [0.2, 0.25) is 0 Å². The summed E-state index contributed by atoms with van der Waals surface area (Å²) in [6.45, 7) is 3.98. The largest absolute Gasteiger partial charge is 0.416 e. The van der Waals surface area contributed by atoms with Crippen LogP contribution in [0.1, 0.15) is 30.5 Å². The topological polar surface area (TPSA) is 47.0 Å². The van der Waals surface area contributed by atoms with E-state index in [2.05, 4.69) is 4.98 Å². The number of nitrogens with zero attached hydrogens (tertiary/aromatic N) is 1. The first kappa shape index (κ1) is 19.4.